The third-order valence-electron chi connectivity index (χ3n) is 4.34. The molecule has 1 aliphatic heterocycles. The van der Waals surface area contributed by atoms with E-state index in [2.05, 4.69) is 74.2 Å². The number of aryl methyl sites for hydroxylation is 1. The van der Waals surface area contributed by atoms with Gasteiger partial charge in [0.05, 0.1) is 0 Å². The number of hydrogen-bond donors (Lipinski definition) is 1. The van der Waals surface area contributed by atoms with Crippen molar-refractivity contribution in [3.05, 3.63) is 45.7 Å². The molecule has 5 heteroatoms. The van der Waals surface area contributed by atoms with Crippen molar-refractivity contribution >= 4 is 27.6 Å². The highest BCUT2D eigenvalue weighted by molar-refractivity contribution is 9.10. The zero-order chi connectivity index (χ0) is 16.4. The molecule has 1 aromatic heterocycles. The number of fused-ring (bicyclic) bond motifs is 1. The summed E-state index contributed by atoms with van der Waals surface area (Å²) < 4.78 is 1.14. The predicted octanol–water partition coefficient (Wildman–Crippen LogP) is 4.32. The summed E-state index contributed by atoms with van der Waals surface area (Å²) >= 11 is 3.57. The molecule has 1 aromatic carbocycles. The van der Waals surface area contributed by atoms with Gasteiger partial charge >= 0.3 is 0 Å². The van der Waals surface area contributed by atoms with E-state index in [4.69, 9.17) is 0 Å². The smallest absolute Gasteiger partial charge is 0.134 e. The summed E-state index contributed by atoms with van der Waals surface area (Å²) in [5, 5.41) is 3.45. The Morgan fingerprint density at radius 1 is 1.26 bits per heavy atom. The molecular formula is C18H23BrN4. The van der Waals surface area contributed by atoms with Crippen LogP contribution in [0.3, 0.4) is 0 Å². The number of halogens is 1. The Morgan fingerprint density at radius 3 is 2.87 bits per heavy atom. The minimum absolute atomic E-state index is 0.412. The monoisotopic (exact) mass is 374 g/mol. The van der Waals surface area contributed by atoms with E-state index in [0.29, 0.717) is 6.04 Å². The molecule has 0 spiro atoms. The lowest BCUT2D eigenvalue weighted by molar-refractivity contribution is 0.714. The molecular weight excluding hydrogens is 352 g/mol. The highest BCUT2D eigenvalue weighted by atomic mass is 79.9. The van der Waals surface area contributed by atoms with E-state index in [9.17, 15) is 0 Å². The molecule has 0 unspecified atom stereocenters. The standard InChI is InChI=1S/C18H23BrN4/c1-4-12(2)20-17-10-18(22-13(3)21-17)23-8-7-14-5-6-16(19)9-15(14)11-23/h5-6,9-10,12H,4,7-8,11H2,1-3H3,(H,20,21,22)/t12-/m1/s1. The number of rotatable bonds is 4. The van der Waals surface area contributed by atoms with E-state index in [1.54, 1.807) is 0 Å². The van der Waals surface area contributed by atoms with Crippen molar-refractivity contribution in [3.63, 3.8) is 0 Å². The highest BCUT2D eigenvalue weighted by Crippen LogP contribution is 2.27. The summed E-state index contributed by atoms with van der Waals surface area (Å²) in [7, 11) is 0. The van der Waals surface area contributed by atoms with Crippen molar-refractivity contribution in [1.82, 2.24) is 9.97 Å². The topological polar surface area (TPSA) is 41.0 Å². The molecule has 1 aliphatic rings. The summed E-state index contributed by atoms with van der Waals surface area (Å²) in [6.07, 6.45) is 2.13. The third-order valence-corrected chi connectivity index (χ3v) is 4.83. The average molecular weight is 375 g/mol. The Morgan fingerprint density at radius 2 is 2.09 bits per heavy atom. The maximum Gasteiger partial charge on any atom is 0.134 e. The van der Waals surface area contributed by atoms with Crippen LogP contribution in [-0.4, -0.2) is 22.6 Å². The molecule has 1 atom stereocenters. The van der Waals surface area contributed by atoms with Crippen LogP contribution in [0.25, 0.3) is 0 Å². The number of aromatic nitrogens is 2. The van der Waals surface area contributed by atoms with E-state index in [0.717, 1.165) is 47.9 Å². The molecule has 1 N–H and O–H groups in total. The zero-order valence-electron chi connectivity index (χ0n) is 13.9. The van der Waals surface area contributed by atoms with Crippen molar-refractivity contribution in [2.45, 2.75) is 46.2 Å². The van der Waals surface area contributed by atoms with Crippen LogP contribution in [0.2, 0.25) is 0 Å². The van der Waals surface area contributed by atoms with Crippen molar-refractivity contribution in [3.8, 4) is 0 Å². The van der Waals surface area contributed by atoms with Crippen molar-refractivity contribution in [1.29, 1.82) is 0 Å². The lowest BCUT2D eigenvalue weighted by Gasteiger charge is -2.30. The van der Waals surface area contributed by atoms with Gasteiger partial charge in [-0.15, -0.1) is 0 Å². The van der Waals surface area contributed by atoms with Crippen LogP contribution in [0.1, 0.15) is 37.2 Å². The number of benzene rings is 1. The maximum atomic E-state index is 4.65. The number of hydrogen-bond acceptors (Lipinski definition) is 4. The van der Waals surface area contributed by atoms with Gasteiger partial charge in [0, 0.05) is 29.7 Å². The van der Waals surface area contributed by atoms with Crippen molar-refractivity contribution in [2.24, 2.45) is 0 Å². The first-order chi connectivity index (χ1) is 11.0. The molecule has 0 radical (unpaired) electrons. The first-order valence-corrected chi connectivity index (χ1v) is 8.99. The van der Waals surface area contributed by atoms with Gasteiger partial charge in [-0.25, -0.2) is 9.97 Å². The van der Waals surface area contributed by atoms with Gasteiger partial charge in [0.15, 0.2) is 0 Å². The van der Waals surface area contributed by atoms with Crippen LogP contribution >= 0.6 is 15.9 Å². The number of anilines is 2. The van der Waals surface area contributed by atoms with Crippen LogP contribution in [0, 0.1) is 6.92 Å². The van der Waals surface area contributed by atoms with Crippen LogP contribution in [-0.2, 0) is 13.0 Å². The van der Waals surface area contributed by atoms with E-state index in [1.165, 1.54) is 11.1 Å². The summed E-state index contributed by atoms with van der Waals surface area (Å²) in [6.45, 7) is 8.19. The van der Waals surface area contributed by atoms with Crippen LogP contribution in [0.5, 0.6) is 0 Å². The fraction of sp³-hybridized carbons (Fsp3) is 0.444. The van der Waals surface area contributed by atoms with Crippen molar-refractivity contribution in [2.75, 3.05) is 16.8 Å². The Balaban J connectivity index is 1.84. The summed E-state index contributed by atoms with van der Waals surface area (Å²) in [4.78, 5) is 11.5. The van der Waals surface area contributed by atoms with Gasteiger partial charge in [-0.05, 0) is 49.9 Å². The van der Waals surface area contributed by atoms with Crippen LogP contribution in [0.4, 0.5) is 11.6 Å². The van der Waals surface area contributed by atoms with Gasteiger partial charge in [0.2, 0.25) is 0 Å². The van der Waals surface area contributed by atoms with Gasteiger partial charge in [-0.3, -0.25) is 0 Å². The summed E-state index contributed by atoms with van der Waals surface area (Å²) in [5.74, 6) is 2.74. The molecule has 0 saturated heterocycles. The molecule has 122 valence electrons. The van der Waals surface area contributed by atoms with E-state index in [-0.39, 0.29) is 0 Å². The average Bonchev–Trinajstić information content (AvgIpc) is 2.53. The largest absolute Gasteiger partial charge is 0.367 e. The van der Waals surface area contributed by atoms with E-state index >= 15 is 0 Å². The first kappa shape index (κ1) is 16.2. The summed E-state index contributed by atoms with van der Waals surface area (Å²) in [5.41, 5.74) is 2.81. The zero-order valence-corrected chi connectivity index (χ0v) is 15.5. The second-order valence-electron chi connectivity index (χ2n) is 6.20. The van der Waals surface area contributed by atoms with E-state index in [1.807, 2.05) is 6.92 Å². The molecule has 2 heterocycles. The first-order valence-electron chi connectivity index (χ1n) is 8.19. The van der Waals surface area contributed by atoms with E-state index < -0.39 is 0 Å². The Bertz CT molecular complexity index is 701. The minimum Gasteiger partial charge on any atom is -0.367 e. The maximum absolute atomic E-state index is 4.65. The van der Waals surface area contributed by atoms with Gasteiger partial charge in [-0.1, -0.05) is 28.9 Å². The van der Waals surface area contributed by atoms with Crippen LogP contribution < -0.4 is 10.2 Å². The fourth-order valence-electron chi connectivity index (χ4n) is 2.86. The van der Waals surface area contributed by atoms with Gasteiger partial charge in [0.1, 0.15) is 17.5 Å². The Hall–Kier alpha value is -1.62. The molecule has 0 aliphatic carbocycles. The third kappa shape index (κ3) is 3.83. The van der Waals surface area contributed by atoms with Gasteiger partial charge < -0.3 is 10.2 Å². The molecule has 2 aromatic rings. The lowest BCUT2D eigenvalue weighted by atomic mass is 10.00. The molecule has 0 bridgehead atoms. The minimum atomic E-state index is 0.412. The number of nitrogens with one attached hydrogen (secondary N) is 1. The predicted molar refractivity (Wildman–Crippen MR) is 99.0 cm³/mol. The SMILES string of the molecule is CC[C@@H](C)Nc1cc(N2CCc3ccc(Br)cc3C2)nc(C)n1. The Labute approximate surface area is 146 Å². The Kier molecular flexibility index (Phi) is 4.85. The second kappa shape index (κ2) is 6.87. The van der Waals surface area contributed by atoms with Crippen molar-refractivity contribution < 1.29 is 0 Å². The highest BCUT2D eigenvalue weighted by Gasteiger charge is 2.19. The molecule has 0 fully saturated rings. The molecule has 4 nitrogen and oxygen atoms in total. The second-order valence-corrected chi connectivity index (χ2v) is 7.11. The number of nitrogens with zero attached hydrogens (tertiary/aromatic N) is 3. The normalized spacial score (nSPS) is 15.2. The molecule has 3 rings (SSSR count). The van der Waals surface area contributed by atoms with Gasteiger partial charge in [-0.2, -0.15) is 0 Å². The quantitative estimate of drug-likeness (QED) is 0.864. The molecule has 23 heavy (non-hydrogen) atoms. The van der Waals surface area contributed by atoms with Crippen LogP contribution in [0.15, 0.2) is 28.7 Å². The summed E-state index contributed by atoms with van der Waals surface area (Å²) in [6, 6.07) is 9.04. The lowest BCUT2D eigenvalue weighted by Crippen LogP contribution is -2.31. The van der Waals surface area contributed by atoms with Gasteiger partial charge in [0.25, 0.3) is 0 Å². The molecule has 0 saturated carbocycles. The fourth-order valence-corrected chi connectivity index (χ4v) is 3.27. The molecule has 0 amide bonds.